The molecule has 0 fully saturated rings. The number of anilines is 1. The molecule has 2 aromatic heterocycles. The average molecular weight is 338 g/mol. The van der Waals surface area contributed by atoms with Crippen molar-refractivity contribution in [3.05, 3.63) is 59.7 Å². The Morgan fingerprint density at radius 3 is 2.68 bits per heavy atom. The summed E-state index contributed by atoms with van der Waals surface area (Å²) >= 11 is 0. The minimum atomic E-state index is -0.183. The number of aromatic nitrogens is 4. The number of hydrogen-bond acceptors (Lipinski definition) is 3. The number of hydrogen-bond donors (Lipinski definition) is 1. The van der Waals surface area contributed by atoms with E-state index in [1.807, 2.05) is 62.1 Å². The Balaban J connectivity index is 1.78. The first-order chi connectivity index (χ1) is 11.9. The number of benzene rings is 1. The number of carbonyl (C=O) groups excluding carboxylic acids is 1. The molecule has 0 spiro atoms. The maximum absolute atomic E-state index is 12.6. The first kappa shape index (κ1) is 16.8. The maximum Gasteiger partial charge on any atom is 0.321 e. The summed E-state index contributed by atoms with van der Waals surface area (Å²) in [5.41, 5.74) is 4.50. The molecule has 2 amide bonds. The SMILES string of the molecule is Cc1cc(C)n(-c2ccccc2NC(=O)N(C)Cc2cnn(C)c2)n1. The highest BCUT2D eigenvalue weighted by Crippen LogP contribution is 2.22. The molecule has 0 bridgehead atoms. The number of carbonyl (C=O) groups is 1. The van der Waals surface area contributed by atoms with Crippen molar-refractivity contribution in [2.75, 3.05) is 12.4 Å². The standard InChI is InChI=1S/C18H22N6O/c1-13-9-14(2)24(21-13)17-8-6-5-7-16(17)20-18(25)22(3)11-15-10-19-23(4)12-15/h5-10,12H,11H2,1-4H3,(H,20,25). The maximum atomic E-state index is 12.6. The van der Waals surface area contributed by atoms with Crippen LogP contribution in [-0.4, -0.2) is 37.5 Å². The van der Waals surface area contributed by atoms with Crippen molar-refractivity contribution < 1.29 is 4.79 Å². The number of urea groups is 1. The molecule has 1 N–H and O–H groups in total. The number of para-hydroxylation sites is 2. The lowest BCUT2D eigenvalue weighted by molar-refractivity contribution is 0.220. The van der Waals surface area contributed by atoms with Crippen LogP contribution in [-0.2, 0) is 13.6 Å². The average Bonchev–Trinajstić information content (AvgIpc) is 3.12. The lowest BCUT2D eigenvalue weighted by atomic mass is 10.2. The van der Waals surface area contributed by atoms with Crippen molar-refractivity contribution in [2.24, 2.45) is 7.05 Å². The Morgan fingerprint density at radius 1 is 1.28 bits per heavy atom. The highest BCUT2D eigenvalue weighted by molar-refractivity contribution is 5.91. The minimum absolute atomic E-state index is 0.183. The predicted octanol–water partition coefficient (Wildman–Crippen LogP) is 2.89. The Labute approximate surface area is 146 Å². The Morgan fingerprint density at radius 2 is 2.04 bits per heavy atom. The summed E-state index contributed by atoms with van der Waals surface area (Å²) in [4.78, 5) is 14.2. The predicted molar refractivity (Wildman–Crippen MR) is 96.7 cm³/mol. The zero-order valence-corrected chi connectivity index (χ0v) is 14.9. The van der Waals surface area contributed by atoms with Crippen LogP contribution in [0.3, 0.4) is 0 Å². The van der Waals surface area contributed by atoms with Gasteiger partial charge in [0.1, 0.15) is 0 Å². The van der Waals surface area contributed by atoms with Crippen LogP contribution in [0.4, 0.5) is 10.5 Å². The van der Waals surface area contributed by atoms with Crippen LogP contribution in [0.1, 0.15) is 17.0 Å². The molecule has 130 valence electrons. The lowest BCUT2D eigenvalue weighted by Crippen LogP contribution is -2.31. The van der Waals surface area contributed by atoms with Crippen molar-refractivity contribution in [3.63, 3.8) is 0 Å². The van der Waals surface area contributed by atoms with E-state index in [-0.39, 0.29) is 6.03 Å². The van der Waals surface area contributed by atoms with Gasteiger partial charge in [0.05, 0.1) is 29.8 Å². The van der Waals surface area contributed by atoms with Gasteiger partial charge in [-0.25, -0.2) is 9.48 Å². The molecule has 0 radical (unpaired) electrons. The van der Waals surface area contributed by atoms with E-state index in [0.717, 1.165) is 28.3 Å². The van der Waals surface area contributed by atoms with Crippen LogP contribution < -0.4 is 5.32 Å². The van der Waals surface area contributed by atoms with Gasteiger partial charge >= 0.3 is 6.03 Å². The molecule has 0 atom stereocenters. The molecule has 3 rings (SSSR count). The van der Waals surface area contributed by atoms with Crippen molar-refractivity contribution in [2.45, 2.75) is 20.4 Å². The van der Waals surface area contributed by atoms with Crippen LogP contribution in [0.15, 0.2) is 42.7 Å². The van der Waals surface area contributed by atoms with Gasteiger partial charge in [-0.15, -0.1) is 0 Å². The summed E-state index contributed by atoms with van der Waals surface area (Å²) in [6.45, 7) is 4.43. The molecule has 7 heteroatoms. The summed E-state index contributed by atoms with van der Waals surface area (Å²) in [5, 5.41) is 11.6. The summed E-state index contributed by atoms with van der Waals surface area (Å²) in [5.74, 6) is 0. The fourth-order valence-electron chi connectivity index (χ4n) is 2.75. The van der Waals surface area contributed by atoms with Crippen molar-refractivity contribution in [1.82, 2.24) is 24.5 Å². The van der Waals surface area contributed by atoms with Crippen LogP contribution in [0.25, 0.3) is 5.69 Å². The van der Waals surface area contributed by atoms with E-state index >= 15 is 0 Å². The smallest absolute Gasteiger partial charge is 0.321 e. The van der Waals surface area contributed by atoms with Crippen molar-refractivity contribution in [3.8, 4) is 5.69 Å². The first-order valence-electron chi connectivity index (χ1n) is 8.06. The van der Waals surface area contributed by atoms with E-state index in [1.165, 1.54) is 0 Å². The minimum Gasteiger partial charge on any atom is -0.323 e. The molecule has 0 unspecified atom stereocenters. The van der Waals surface area contributed by atoms with Gasteiger partial charge in [-0.05, 0) is 32.0 Å². The summed E-state index contributed by atoms with van der Waals surface area (Å²) in [7, 11) is 3.61. The Hall–Kier alpha value is -3.09. The van der Waals surface area contributed by atoms with Gasteiger partial charge in [0, 0.05) is 31.5 Å². The van der Waals surface area contributed by atoms with Crippen LogP contribution in [0.2, 0.25) is 0 Å². The highest BCUT2D eigenvalue weighted by Gasteiger charge is 2.14. The topological polar surface area (TPSA) is 68.0 Å². The van der Waals surface area contributed by atoms with E-state index in [0.29, 0.717) is 6.54 Å². The molecular formula is C18H22N6O. The third-order valence-corrected chi connectivity index (χ3v) is 3.91. The third kappa shape index (κ3) is 3.71. The van der Waals surface area contributed by atoms with Crippen LogP contribution in [0, 0.1) is 13.8 Å². The molecule has 1 aromatic carbocycles. The molecule has 0 saturated carbocycles. The van der Waals surface area contributed by atoms with Crippen molar-refractivity contribution >= 4 is 11.7 Å². The largest absolute Gasteiger partial charge is 0.323 e. The Kier molecular flexibility index (Phi) is 4.56. The van der Waals surface area contributed by atoms with Gasteiger partial charge in [-0.2, -0.15) is 10.2 Å². The normalized spacial score (nSPS) is 10.7. The monoisotopic (exact) mass is 338 g/mol. The van der Waals surface area contributed by atoms with Crippen molar-refractivity contribution in [1.29, 1.82) is 0 Å². The first-order valence-corrected chi connectivity index (χ1v) is 8.06. The fraction of sp³-hybridized carbons (Fsp3) is 0.278. The number of aryl methyl sites for hydroxylation is 3. The number of nitrogens with zero attached hydrogens (tertiary/aromatic N) is 5. The van der Waals surface area contributed by atoms with E-state index in [9.17, 15) is 4.79 Å². The lowest BCUT2D eigenvalue weighted by Gasteiger charge is -2.19. The van der Waals surface area contributed by atoms with E-state index in [1.54, 1.807) is 22.8 Å². The van der Waals surface area contributed by atoms with Crippen LogP contribution >= 0.6 is 0 Å². The van der Waals surface area contributed by atoms with E-state index < -0.39 is 0 Å². The summed E-state index contributed by atoms with van der Waals surface area (Å²) in [6.07, 6.45) is 3.65. The zero-order valence-electron chi connectivity index (χ0n) is 14.9. The van der Waals surface area contributed by atoms with E-state index in [4.69, 9.17) is 0 Å². The molecule has 0 aliphatic carbocycles. The zero-order chi connectivity index (χ0) is 18.0. The molecule has 0 aliphatic heterocycles. The second kappa shape index (κ2) is 6.80. The molecule has 3 aromatic rings. The molecule has 7 nitrogen and oxygen atoms in total. The molecular weight excluding hydrogens is 316 g/mol. The Bertz CT molecular complexity index is 895. The molecule has 0 saturated heterocycles. The van der Waals surface area contributed by atoms with E-state index in [2.05, 4.69) is 15.5 Å². The second-order valence-electron chi connectivity index (χ2n) is 6.16. The number of amides is 2. The molecule has 25 heavy (non-hydrogen) atoms. The van der Waals surface area contributed by atoms with Gasteiger partial charge in [-0.1, -0.05) is 12.1 Å². The fourth-order valence-corrected chi connectivity index (χ4v) is 2.75. The summed E-state index contributed by atoms with van der Waals surface area (Å²) < 4.78 is 3.56. The van der Waals surface area contributed by atoms with Gasteiger partial charge in [0.25, 0.3) is 0 Å². The van der Waals surface area contributed by atoms with Gasteiger partial charge in [0.2, 0.25) is 0 Å². The van der Waals surface area contributed by atoms with Gasteiger partial charge in [0.15, 0.2) is 0 Å². The number of rotatable bonds is 4. The molecule has 2 heterocycles. The summed E-state index contributed by atoms with van der Waals surface area (Å²) in [6, 6.07) is 9.47. The third-order valence-electron chi connectivity index (χ3n) is 3.91. The van der Waals surface area contributed by atoms with Crippen LogP contribution in [0.5, 0.6) is 0 Å². The second-order valence-corrected chi connectivity index (χ2v) is 6.16. The van der Waals surface area contributed by atoms with Gasteiger partial charge < -0.3 is 10.2 Å². The number of nitrogens with one attached hydrogen (secondary N) is 1. The molecule has 0 aliphatic rings. The van der Waals surface area contributed by atoms with Gasteiger partial charge in [-0.3, -0.25) is 4.68 Å². The quantitative estimate of drug-likeness (QED) is 0.795. The highest BCUT2D eigenvalue weighted by atomic mass is 16.2.